The van der Waals surface area contributed by atoms with Crippen molar-refractivity contribution in [3.05, 3.63) is 41.0 Å². The van der Waals surface area contributed by atoms with Gasteiger partial charge in [0.25, 0.3) is 0 Å². The van der Waals surface area contributed by atoms with Gasteiger partial charge in [-0.05, 0) is 25.5 Å². The van der Waals surface area contributed by atoms with Gasteiger partial charge in [-0.2, -0.15) is 0 Å². The summed E-state index contributed by atoms with van der Waals surface area (Å²) in [5, 5.41) is 20.3. The van der Waals surface area contributed by atoms with Crippen LogP contribution in [0.2, 0.25) is 0 Å². The molecule has 0 aliphatic heterocycles. The maximum atomic E-state index is 10.0. The Bertz CT molecular complexity index is 1060. The zero-order valence-corrected chi connectivity index (χ0v) is 13.3. The Labute approximate surface area is 135 Å². The van der Waals surface area contributed by atoms with Crippen molar-refractivity contribution in [3.63, 3.8) is 0 Å². The predicted molar refractivity (Wildman–Crippen MR) is 91.0 cm³/mol. The van der Waals surface area contributed by atoms with Gasteiger partial charge in [0.1, 0.15) is 11.2 Å². The van der Waals surface area contributed by atoms with Crippen LogP contribution in [0.25, 0.3) is 21.1 Å². The lowest BCUT2D eigenvalue weighted by Crippen LogP contribution is -1.80. The maximum absolute atomic E-state index is 10.0. The largest absolute Gasteiger partial charge is 0.493 e. The molecule has 0 aliphatic rings. The number of fused-ring (bicyclic) bond motifs is 2. The van der Waals surface area contributed by atoms with E-state index in [0.29, 0.717) is 11.5 Å². The second-order valence-electron chi connectivity index (χ2n) is 5.23. The number of nitrogens with one attached hydrogen (secondary N) is 1. The highest BCUT2D eigenvalue weighted by Gasteiger charge is 2.13. The maximum Gasteiger partial charge on any atom is 0.218 e. The summed E-state index contributed by atoms with van der Waals surface area (Å²) < 4.78 is 0. The minimum absolute atomic E-state index is 0.00142. The molecule has 0 saturated carbocycles. The van der Waals surface area contributed by atoms with Crippen LogP contribution in [-0.2, 0) is 0 Å². The lowest BCUT2D eigenvalue weighted by atomic mass is 10.2. The first kappa shape index (κ1) is 13.8. The summed E-state index contributed by atoms with van der Waals surface area (Å²) in [6.45, 7) is 4.08. The molecule has 6 nitrogen and oxygen atoms in total. The summed E-state index contributed by atoms with van der Waals surface area (Å²) in [7, 11) is 0. The van der Waals surface area contributed by atoms with Crippen molar-refractivity contribution in [2.75, 3.05) is 0 Å². The van der Waals surface area contributed by atoms with Gasteiger partial charge in [0.15, 0.2) is 11.5 Å². The number of para-hydroxylation sites is 1. The number of thiophene rings is 1. The topological polar surface area (TPSA) is 86.5 Å². The van der Waals surface area contributed by atoms with Crippen LogP contribution in [0.15, 0.2) is 40.8 Å². The zero-order valence-electron chi connectivity index (χ0n) is 12.5. The third kappa shape index (κ3) is 2.17. The molecule has 0 fully saturated rings. The van der Waals surface area contributed by atoms with Gasteiger partial charge in [-0.15, -0.1) is 21.6 Å². The monoisotopic (exact) mass is 323 g/mol. The van der Waals surface area contributed by atoms with Crippen LogP contribution in [0.3, 0.4) is 0 Å². The SMILES string of the molecule is Cc1sc2ncnc(N=Nc3c(O)[nH]c4ccccc34)c2c1C. The predicted octanol–water partition coefficient (Wildman–Crippen LogP) is 4.91. The Morgan fingerprint density at radius 2 is 1.96 bits per heavy atom. The molecule has 0 amide bonds. The van der Waals surface area contributed by atoms with E-state index in [9.17, 15) is 5.11 Å². The van der Waals surface area contributed by atoms with Gasteiger partial charge in [0, 0.05) is 10.3 Å². The summed E-state index contributed by atoms with van der Waals surface area (Å²) in [5.41, 5.74) is 2.34. The van der Waals surface area contributed by atoms with E-state index in [1.807, 2.05) is 38.1 Å². The fraction of sp³-hybridized carbons (Fsp3) is 0.125. The number of rotatable bonds is 2. The Kier molecular flexibility index (Phi) is 3.09. The first-order valence-electron chi connectivity index (χ1n) is 7.07. The molecule has 0 bridgehead atoms. The number of H-pyrrole nitrogens is 1. The van der Waals surface area contributed by atoms with Crippen LogP contribution in [0.5, 0.6) is 5.88 Å². The fourth-order valence-corrected chi connectivity index (χ4v) is 3.54. The van der Waals surface area contributed by atoms with Crippen LogP contribution in [0.1, 0.15) is 10.4 Å². The highest BCUT2D eigenvalue weighted by atomic mass is 32.1. The third-order valence-corrected chi connectivity index (χ3v) is 4.96. The van der Waals surface area contributed by atoms with E-state index >= 15 is 0 Å². The minimum Gasteiger partial charge on any atom is -0.493 e. The normalized spacial score (nSPS) is 11.9. The van der Waals surface area contributed by atoms with Gasteiger partial charge >= 0.3 is 0 Å². The lowest BCUT2D eigenvalue weighted by molar-refractivity contribution is 0.459. The molecule has 0 atom stereocenters. The molecule has 114 valence electrons. The quantitative estimate of drug-likeness (QED) is 0.514. The molecule has 0 saturated heterocycles. The third-order valence-electron chi connectivity index (χ3n) is 3.85. The van der Waals surface area contributed by atoms with Crippen molar-refractivity contribution in [2.45, 2.75) is 13.8 Å². The van der Waals surface area contributed by atoms with Gasteiger partial charge in [0.2, 0.25) is 5.88 Å². The second kappa shape index (κ2) is 5.13. The van der Waals surface area contributed by atoms with E-state index in [0.717, 1.165) is 26.7 Å². The molecule has 0 aliphatic carbocycles. The van der Waals surface area contributed by atoms with Gasteiger partial charge in [-0.25, -0.2) is 9.97 Å². The van der Waals surface area contributed by atoms with Crippen molar-refractivity contribution in [1.29, 1.82) is 0 Å². The van der Waals surface area contributed by atoms with Gasteiger partial charge in [0.05, 0.1) is 10.9 Å². The average molecular weight is 323 g/mol. The molecular weight excluding hydrogens is 310 g/mol. The van der Waals surface area contributed by atoms with Crippen LogP contribution in [0.4, 0.5) is 11.5 Å². The number of azo groups is 1. The van der Waals surface area contributed by atoms with Gasteiger partial charge in [-0.3, -0.25) is 0 Å². The number of aromatic nitrogens is 3. The van der Waals surface area contributed by atoms with Crippen LogP contribution < -0.4 is 0 Å². The number of hydrogen-bond donors (Lipinski definition) is 2. The molecule has 2 N–H and O–H groups in total. The highest BCUT2D eigenvalue weighted by Crippen LogP contribution is 2.38. The molecule has 3 heterocycles. The molecule has 7 heteroatoms. The fourth-order valence-electron chi connectivity index (χ4n) is 2.55. The van der Waals surface area contributed by atoms with Gasteiger partial charge < -0.3 is 10.1 Å². The van der Waals surface area contributed by atoms with Gasteiger partial charge in [-0.1, -0.05) is 18.2 Å². The molecule has 4 aromatic rings. The van der Waals surface area contributed by atoms with E-state index < -0.39 is 0 Å². The van der Waals surface area contributed by atoms with Crippen molar-refractivity contribution in [3.8, 4) is 5.88 Å². The number of hydrogen-bond acceptors (Lipinski definition) is 6. The Balaban J connectivity index is 1.87. The number of aromatic amines is 1. The Morgan fingerprint density at radius 1 is 1.13 bits per heavy atom. The Hall–Kier alpha value is -2.80. The zero-order chi connectivity index (χ0) is 16.0. The smallest absolute Gasteiger partial charge is 0.218 e. The summed E-state index contributed by atoms with van der Waals surface area (Å²) >= 11 is 1.61. The molecule has 1 aromatic carbocycles. The summed E-state index contributed by atoms with van der Waals surface area (Å²) in [5.74, 6) is 0.514. The van der Waals surface area contributed by atoms with E-state index in [4.69, 9.17) is 0 Å². The first-order chi connectivity index (χ1) is 11.1. The summed E-state index contributed by atoms with van der Waals surface area (Å²) in [6, 6.07) is 7.55. The van der Waals surface area contributed by atoms with Crippen molar-refractivity contribution in [1.82, 2.24) is 15.0 Å². The first-order valence-corrected chi connectivity index (χ1v) is 7.89. The Morgan fingerprint density at radius 3 is 2.83 bits per heavy atom. The standard InChI is InChI=1S/C16H13N5OS/c1-8-9(2)23-16-12(8)14(17-7-18-16)21-20-13-10-5-3-4-6-11(10)19-15(13)22/h3-7,19,22H,1-2H3. The summed E-state index contributed by atoms with van der Waals surface area (Å²) in [6.07, 6.45) is 1.49. The average Bonchev–Trinajstić information content (AvgIpc) is 3.02. The number of aryl methyl sites for hydroxylation is 2. The second-order valence-corrected chi connectivity index (χ2v) is 6.43. The van der Waals surface area contributed by atoms with Crippen LogP contribution >= 0.6 is 11.3 Å². The molecule has 0 unspecified atom stereocenters. The molecule has 23 heavy (non-hydrogen) atoms. The van der Waals surface area contributed by atoms with Crippen molar-refractivity contribution >= 4 is 44.0 Å². The lowest BCUT2D eigenvalue weighted by Gasteiger charge is -1.96. The van der Waals surface area contributed by atoms with Crippen LogP contribution in [-0.4, -0.2) is 20.1 Å². The molecule has 0 spiro atoms. The minimum atomic E-state index is -0.00142. The van der Waals surface area contributed by atoms with Crippen LogP contribution in [0, 0.1) is 13.8 Å². The van der Waals surface area contributed by atoms with E-state index in [1.165, 1.54) is 11.2 Å². The number of benzene rings is 1. The molecule has 4 rings (SSSR count). The molecule has 3 aromatic heterocycles. The van der Waals surface area contributed by atoms with Crippen molar-refractivity contribution < 1.29 is 5.11 Å². The van der Waals surface area contributed by atoms with Crippen molar-refractivity contribution in [2.24, 2.45) is 10.2 Å². The molecule has 0 radical (unpaired) electrons. The highest BCUT2D eigenvalue weighted by molar-refractivity contribution is 7.18. The molecular formula is C16H13N5OS. The number of aromatic hydroxyl groups is 1. The van der Waals surface area contributed by atoms with E-state index in [-0.39, 0.29) is 5.88 Å². The number of nitrogens with zero attached hydrogens (tertiary/aromatic N) is 4. The van der Waals surface area contributed by atoms with E-state index in [1.54, 1.807) is 11.3 Å². The van der Waals surface area contributed by atoms with E-state index in [2.05, 4.69) is 25.2 Å². The summed E-state index contributed by atoms with van der Waals surface area (Å²) in [4.78, 5) is 13.5.